The average Bonchev–Trinajstić information content (AvgIpc) is 2.52. The van der Waals surface area contributed by atoms with Crippen LogP contribution in [0, 0.1) is 10.1 Å². The van der Waals surface area contributed by atoms with Crippen LogP contribution >= 0.6 is 11.8 Å². The molecule has 0 fully saturated rings. The monoisotopic (exact) mass is 303 g/mol. The minimum absolute atomic E-state index is 0.0348. The summed E-state index contributed by atoms with van der Waals surface area (Å²) in [4.78, 5) is 11.2. The predicted molar refractivity (Wildman–Crippen MR) is 81.6 cm³/mol. The molecular formula is C14H13N3O3S. The summed E-state index contributed by atoms with van der Waals surface area (Å²) < 4.78 is 0. The van der Waals surface area contributed by atoms with E-state index in [2.05, 4.69) is 5.16 Å². The van der Waals surface area contributed by atoms with Crippen molar-refractivity contribution in [3.63, 3.8) is 0 Å². The van der Waals surface area contributed by atoms with Gasteiger partial charge in [-0.25, -0.2) is 0 Å². The number of hydrogen-bond donors (Lipinski definition) is 2. The van der Waals surface area contributed by atoms with E-state index in [-0.39, 0.29) is 11.5 Å². The Labute approximate surface area is 125 Å². The number of para-hydroxylation sites is 1. The first-order valence-corrected chi connectivity index (χ1v) is 7.03. The Morgan fingerprint density at radius 1 is 1.29 bits per heavy atom. The van der Waals surface area contributed by atoms with E-state index in [1.54, 1.807) is 36.4 Å². The third kappa shape index (κ3) is 3.73. The van der Waals surface area contributed by atoms with Crippen molar-refractivity contribution >= 4 is 23.3 Å². The first kappa shape index (κ1) is 14.9. The Kier molecular flexibility index (Phi) is 4.78. The van der Waals surface area contributed by atoms with Crippen LogP contribution in [0.1, 0.15) is 11.1 Å². The van der Waals surface area contributed by atoms with Crippen molar-refractivity contribution in [2.75, 3.05) is 0 Å². The summed E-state index contributed by atoms with van der Waals surface area (Å²) in [5.41, 5.74) is 7.17. The second kappa shape index (κ2) is 6.76. The lowest BCUT2D eigenvalue weighted by molar-refractivity contribution is -0.387. The molecule has 0 aliphatic heterocycles. The fourth-order valence-corrected chi connectivity index (χ4v) is 2.74. The summed E-state index contributed by atoms with van der Waals surface area (Å²) in [5.74, 6) is 0.588. The Hall–Kier alpha value is -2.54. The Morgan fingerprint density at radius 2 is 2.05 bits per heavy atom. The highest BCUT2D eigenvalue weighted by atomic mass is 32.2. The van der Waals surface area contributed by atoms with Gasteiger partial charge in [-0.2, -0.15) is 0 Å². The van der Waals surface area contributed by atoms with Crippen molar-refractivity contribution in [2.24, 2.45) is 10.9 Å². The van der Waals surface area contributed by atoms with Gasteiger partial charge in [-0.1, -0.05) is 35.5 Å². The van der Waals surface area contributed by atoms with Crippen LogP contribution in [0.15, 0.2) is 58.6 Å². The molecule has 0 heterocycles. The number of thioether (sulfide) groups is 1. The van der Waals surface area contributed by atoms with Gasteiger partial charge < -0.3 is 10.9 Å². The quantitative estimate of drug-likeness (QED) is 0.221. The molecule has 0 atom stereocenters. The summed E-state index contributed by atoms with van der Waals surface area (Å²) in [6.45, 7) is 0. The van der Waals surface area contributed by atoms with Gasteiger partial charge in [0.1, 0.15) is 0 Å². The molecule has 0 bridgehead atoms. The molecule has 0 radical (unpaired) electrons. The average molecular weight is 303 g/mol. The lowest BCUT2D eigenvalue weighted by Gasteiger charge is -2.05. The molecule has 0 unspecified atom stereocenters. The van der Waals surface area contributed by atoms with E-state index in [1.807, 2.05) is 6.07 Å². The van der Waals surface area contributed by atoms with Gasteiger partial charge in [0.15, 0.2) is 5.84 Å². The maximum absolute atomic E-state index is 10.9. The van der Waals surface area contributed by atoms with Crippen LogP contribution in [-0.4, -0.2) is 16.0 Å². The van der Waals surface area contributed by atoms with Gasteiger partial charge in [0, 0.05) is 17.4 Å². The molecule has 0 amide bonds. The number of nitrogens with two attached hydrogens (primary N) is 1. The highest BCUT2D eigenvalue weighted by molar-refractivity contribution is 7.98. The van der Waals surface area contributed by atoms with Gasteiger partial charge in [-0.3, -0.25) is 10.1 Å². The molecule has 2 rings (SSSR count). The number of nitrogens with zero attached hydrogens (tertiary/aromatic N) is 2. The lowest BCUT2D eigenvalue weighted by Crippen LogP contribution is -2.13. The summed E-state index contributed by atoms with van der Waals surface area (Å²) in [6, 6.07) is 13.8. The molecule has 0 saturated carbocycles. The molecule has 0 aliphatic carbocycles. The summed E-state index contributed by atoms with van der Waals surface area (Å²) >= 11 is 1.37. The molecule has 6 nitrogen and oxygen atoms in total. The van der Waals surface area contributed by atoms with Crippen LogP contribution < -0.4 is 5.73 Å². The van der Waals surface area contributed by atoms with Crippen LogP contribution in [0.4, 0.5) is 5.69 Å². The molecule has 0 saturated heterocycles. The molecule has 108 valence electrons. The van der Waals surface area contributed by atoms with Gasteiger partial charge in [0.05, 0.1) is 9.82 Å². The minimum Gasteiger partial charge on any atom is -0.409 e. The predicted octanol–water partition coefficient (Wildman–Crippen LogP) is 2.98. The molecule has 0 spiro atoms. The highest BCUT2D eigenvalue weighted by Gasteiger charge is 2.12. The number of benzene rings is 2. The maximum Gasteiger partial charge on any atom is 0.282 e. The van der Waals surface area contributed by atoms with E-state index in [4.69, 9.17) is 10.9 Å². The van der Waals surface area contributed by atoms with Crippen molar-refractivity contribution < 1.29 is 10.1 Å². The van der Waals surface area contributed by atoms with E-state index < -0.39 is 4.92 Å². The van der Waals surface area contributed by atoms with Gasteiger partial charge >= 0.3 is 0 Å². The Morgan fingerprint density at radius 3 is 2.76 bits per heavy atom. The normalized spacial score (nSPS) is 11.3. The van der Waals surface area contributed by atoms with E-state index in [9.17, 15) is 10.1 Å². The standard InChI is InChI=1S/C14H13N3O3S/c15-14(16-18)11-5-3-4-10(8-11)9-21-13-7-2-1-6-12(13)17(19)20/h1-8,18H,9H2,(H2,15,16). The molecule has 2 aromatic rings. The van der Waals surface area contributed by atoms with Crippen molar-refractivity contribution in [3.8, 4) is 0 Å². The molecule has 0 aliphatic rings. The number of hydrogen-bond acceptors (Lipinski definition) is 5. The first-order chi connectivity index (χ1) is 10.1. The third-order valence-electron chi connectivity index (χ3n) is 2.79. The van der Waals surface area contributed by atoms with Crippen molar-refractivity contribution in [3.05, 3.63) is 69.8 Å². The smallest absolute Gasteiger partial charge is 0.282 e. The van der Waals surface area contributed by atoms with Crippen LogP contribution in [-0.2, 0) is 5.75 Å². The molecule has 2 aromatic carbocycles. The van der Waals surface area contributed by atoms with Crippen LogP contribution in [0.5, 0.6) is 0 Å². The van der Waals surface area contributed by atoms with Gasteiger partial charge in [0.25, 0.3) is 5.69 Å². The molecular weight excluding hydrogens is 290 g/mol. The fraction of sp³-hybridized carbons (Fsp3) is 0.0714. The highest BCUT2D eigenvalue weighted by Crippen LogP contribution is 2.31. The fourth-order valence-electron chi connectivity index (χ4n) is 1.77. The van der Waals surface area contributed by atoms with Crippen molar-refractivity contribution in [1.82, 2.24) is 0 Å². The second-order valence-corrected chi connectivity index (χ2v) is 5.22. The minimum atomic E-state index is -0.394. The van der Waals surface area contributed by atoms with E-state index >= 15 is 0 Å². The first-order valence-electron chi connectivity index (χ1n) is 6.05. The molecule has 0 aromatic heterocycles. The summed E-state index contributed by atoms with van der Waals surface area (Å²) in [6.07, 6.45) is 0. The van der Waals surface area contributed by atoms with Crippen molar-refractivity contribution in [1.29, 1.82) is 0 Å². The Bertz CT molecular complexity index is 689. The van der Waals surface area contributed by atoms with E-state index in [1.165, 1.54) is 17.8 Å². The maximum atomic E-state index is 10.9. The zero-order chi connectivity index (χ0) is 15.2. The number of amidine groups is 1. The topological polar surface area (TPSA) is 102 Å². The van der Waals surface area contributed by atoms with E-state index in [0.717, 1.165) is 5.56 Å². The van der Waals surface area contributed by atoms with Gasteiger partial charge in [-0.15, -0.1) is 11.8 Å². The number of oxime groups is 1. The van der Waals surface area contributed by atoms with Gasteiger partial charge in [-0.05, 0) is 17.7 Å². The number of nitro groups is 1. The van der Waals surface area contributed by atoms with Gasteiger partial charge in [0.2, 0.25) is 0 Å². The van der Waals surface area contributed by atoms with Crippen LogP contribution in [0.25, 0.3) is 0 Å². The second-order valence-electron chi connectivity index (χ2n) is 4.20. The number of nitro benzene ring substituents is 1. The zero-order valence-electron chi connectivity index (χ0n) is 11.0. The SMILES string of the molecule is N/C(=N\O)c1cccc(CSc2ccccc2[N+](=O)[O-])c1. The van der Waals surface area contributed by atoms with Crippen LogP contribution in [0.2, 0.25) is 0 Å². The lowest BCUT2D eigenvalue weighted by atomic mass is 10.1. The van der Waals surface area contributed by atoms with E-state index in [0.29, 0.717) is 16.2 Å². The molecule has 21 heavy (non-hydrogen) atoms. The zero-order valence-corrected chi connectivity index (χ0v) is 11.8. The largest absolute Gasteiger partial charge is 0.409 e. The molecule has 3 N–H and O–H groups in total. The third-order valence-corrected chi connectivity index (χ3v) is 3.92. The summed E-state index contributed by atoms with van der Waals surface area (Å²) in [7, 11) is 0. The number of rotatable bonds is 5. The Balaban J connectivity index is 2.16. The molecule has 7 heteroatoms. The van der Waals surface area contributed by atoms with Crippen LogP contribution in [0.3, 0.4) is 0 Å². The van der Waals surface area contributed by atoms with Crippen molar-refractivity contribution in [2.45, 2.75) is 10.6 Å². The summed E-state index contributed by atoms with van der Waals surface area (Å²) in [5, 5.41) is 22.6.